The molecule has 0 aromatic heterocycles. The Labute approximate surface area is 121 Å². The van der Waals surface area contributed by atoms with Crippen LogP contribution in [0.25, 0.3) is 0 Å². The lowest BCUT2D eigenvalue weighted by atomic mass is 10.0. The van der Waals surface area contributed by atoms with Gasteiger partial charge < -0.3 is 10.4 Å². The van der Waals surface area contributed by atoms with Gasteiger partial charge in [0, 0.05) is 37.8 Å². The minimum atomic E-state index is 0. The van der Waals surface area contributed by atoms with Gasteiger partial charge in [0.15, 0.2) is 0 Å². The molecule has 18 heavy (non-hydrogen) atoms. The normalized spacial score (nSPS) is 17.4. The summed E-state index contributed by atoms with van der Waals surface area (Å²) in [6.07, 6.45) is 0. The molecule has 1 fully saturated rings. The number of rotatable bonds is 2. The quantitative estimate of drug-likeness (QED) is 0.879. The maximum atomic E-state index is 9.89. The average Bonchev–Trinajstić information content (AvgIpc) is 2.32. The monoisotopic (exact) mass is 292 g/mol. The molecule has 1 aliphatic rings. The number of aromatic hydroxyl groups is 1. The van der Waals surface area contributed by atoms with Gasteiger partial charge in [-0.3, -0.25) is 4.90 Å². The van der Waals surface area contributed by atoms with E-state index in [1.54, 1.807) is 6.07 Å². The highest BCUT2D eigenvalue weighted by molar-refractivity contribution is 5.85. The van der Waals surface area contributed by atoms with E-state index in [4.69, 9.17) is 0 Å². The minimum absolute atomic E-state index is 0. The van der Waals surface area contributed by atoms with Crippen LogP contribution in [0.2, 0.25) is 0 Å². The molecule has 2 rings (SSSR count). The summed E-state index contributed by atoms with van der Waals surface area (Å²) in [5, 5.41) is 13.2. The predicted molar refractivity (Wildman–Crippen MR) is 80.2 cm³/mol. The minimum Gasteiger partial charge on any atom is -0.508 e. The van der Waals surface area contributed by atoms with Gasteiger partial charge in [-0.25, -0.2) is 0 Å². The van der Waals surface area contributed by atoms with Crippen molar-refractivity contribution in [3.05, 3.63) is 29.3 Å². The van der Waals surface area contributed by atoms with E-state index in [9.17, 15) is 5.11 Å². The van der Waals surface area contributed by atoms with Gasteiger partial charge in [0.25, 0.3) is 0 Å². The largest absolute Gasteiger partial charge is 0.508 e. The molecular formula is C13H22Cl2N2O. The number of piperazine rings is 1. The van der Waals surface area contributed by atoms with Crippen LogP contribution in [0.5, 0.6) is 5.75 Å². The first-order chi connectivity index (χ1) is 7.68. The molecule has 0 aliphatic carbocycles. The third-order valence-electron chi connectivity index (χ3n) is 3.33. The van der Waals surface area contributed by atoms with E-state index in [0.717, 1.165) is 31.7 Å². The first-order valence-corrected chi connectivity index (χ1v) is 5.93. The molecule has 1 heterocycles. The fourth-order valence-corrected chi connectivity index (χ4v) is 2.27. The SMILES string of the molecule is Cc1ccc(O)c([C@@H](C)N2CCNCC2)c1.Cl.Cl. The van der Waals surface area contributed by atoms with Gasteiger partial charge in [-0.2, -0.15) is 0 Å². The van der Waals surface area contributed by atoms with E-state index in [1.807, 2.05) is 6.07 Å². The topological polar surface area (TPSA) is 35.5 Å². The second-order valence-electron chi connectivity index (χ2n) is 4.52. The van der Waals surface area contributed by atoms with Crippen LogP contribution in [-0.4, -0.2) is 36.2 Å². The summed E-state index contributed by atoms with van der Waals surface area (Å²) in [5.74, 6) is 0.414. The number of aryl methyl sites for hydroxylation is 1. The Bertz CT molecular complexity index is 368. The summed E-state index contributed by atoms with van der Waals surface area (Å²) < 4.78 is 0. The molecule has 1 atom stereocenters. The van der Waals surface area contributed by atoms with Gasteiger partial charge in [0.05, 0.1) is 0 Å². The smallest absolute Gasteiger partial charge is 0.120 e. The maximum absolute atomic E-state index is 9.89. The number of phenols is 1. The molecule has 3 nitrogen and oxygen atoms in total. The molecule has 1 aliphatic heterocycles. The molecule has 0 saturated carbocycles. The van der Waals surface area contributed by atoms with Crippen molar-refractivity contribution < 1.29 is 5.11 Å². The van der Waals surface area contributed by atoms with Crippen molar-refractivity contribution >= 4 is 24.8 Å². The predicted octanol–water partition coefficient (Wildman–Crippen LogP) is 2.51. The Morgan fingerprint density at radius 1 is 1.22 bits per heavy atom. The number of benzene rings is 1. The standard InChI is InChI=1S/C13H20N2O.2ClH/c1-10-3-4-13(16)12(9-10)11(2)15-7-5-14-6-8-15;;/h3-4,9,11,14,16H,5-8H2,1-2H3;2*1H/t11-;;/m1../s1. The fourth-order valence-electron chi connectivity index (χ4n) is 2.27. The highest BCUT2D eigenvalue weighted by atomic mass is 35.5. The van der Waals surface area contributed by atoms with Crippen molar-refractivity contribution in [1.82, 2.24) is 10.2 Å². The second-order valence-corrected chi connectivity index (χ2v) is 4.52. The van der Waals surface area contributed by atoms with E-state index < -0.39 is 0 Å². The van der Waals surface area contributed by atoms with Crippen molar-refractivity contribution in [3.8, 4) is 5.75 Å². The Morgan fingerprint density at radius 2 is 1.83 bits per heavy atom. The summed E-state index contributed by atoms with van der Waals surface area (Å²) in [6, 6.07) is 6.12. The number of phenolic OH excluding ortho intramolecular Hbond substituents is 1. The van der Waals surface area contributed by atoms with Crippen molar-refractivity contribution in [2.24, 2.45) is 0 Å². The molecule has 1 aromatic rings. The van der Waals surface area contributed by atoms with E-state index in [2.05, 4.69) is 30.1 Å². The van der Waals surface area contributed by atoms with E-state index >= 15 is 0 Å². The number of hydrogen-bond acceptors (Lipinski definition) is 3. The van der Waals surface area contributed by atoms with Crippen LogP contribution in [0.1, 0.15) is 24.1 Å². The summed E-state index contributed by atoms with van der Waals surface area (Å²) in [4.78, 5) is 2.41. The zero-order valence-corrected chi connectivity index (χ0v) is 12.5. The van der Waals surface area contributed by atoms with Crippen LogP contribution in [0.3, 0.4) is 0 Å². The summed E-state index contributed by atoms with van der Waals surface area (Å²) >= 11 is 0. The van der Waals surface area contributed by atoms with Gasteiger partial charge in [-0.1, -0.05) is 17.7 Å². The molecule has 0 amide bonds. The van der Waals surface area contributed by atoms with Crippen molar-refractivity contribution in [2.75, 3.05) is 26.2 Å². The number of nitrogens with one attached hydrogen (secondary N) is 1. The van der Waals surface area contributed by atoms with Gasteiger partial charge in [0.2, 0.25) is 0 Å². The van der Waals surface area contributed by atoms with Gasteiger partial charge >= 0.3 is 0 Å². The molecule has 0 spiro atoms. The van der Waals surface area contributed by atoms with Crippen LogP contribution < -0.4 is 5.32 Å². The van der Waals surface area contributed by atoms with Gasteiger partial charge in [-0.05, 0) is 19.9 Å². The lowest BCUT2D eigenvalue weighted by molar-refractivity contribution is 0.183. The van der Waals surface area contributed by atoms with Gasteiger partial charge in [-0.15, -0.1) is 24.8 Å². The van der Waals surface area contributed by atoms with Crippen molar-refractivity contribution in [2.45, 2.75) is 19.9 Å². The number of hydrogen-bond donors (Lipinski definition) is 2. The van der Waals surface area contributed by atoms with E-state index in [-0.39, 0.29) is 24.8 Å². The number of halogens is 2. The number of nitrogens with zero attached hydrogens (tertiary/aromatic N) is 1. The zero-order chi connectivity index (χ0) is 11.5. The summed E-state index contributed by atoms with van der Waals surface area (Å²) in [6.45, 7) is 8.41. The molecule has 5 heteroatoms. The van der Waals surface area contributed by atoms with Crippen LogP contribution >= 0.6 is 24.8 Å². The second kappa shape index (κ2) is 7.85. The van der Waals surface area contributed by atoms with Crippen LogP contribution in [0, 0.1) is 6.92 Å². The average molecular weight is 293 g/mol. The van der Waals surface area contributed by atoms with Crippen LogP contribution in [-0.2, 0) is 0 Å². The molecule has 0 radical (unpaired) electrons. The lowest BCUT2D eigenvalue weighted by Crippen LogP contribution is -2.44. The highest BCUT2D eigenvalue weighted by Crippen LogP contribution is 2.29. The Balaban J connectivity index is 0.00000144. The first kappa shape index (κ1) is 17.5. The van der Waals surface area contributed by atoms with E-state index in [1.165, 1.54) is 5.56 Å². The van der Waals surface area contributed by atoms with Gasteiger partial charge in [0.1, 0.15) is 5.75 Å². The maximum Gasteiger partial charge on any atom is 0.120 e. The van der Waals surface area contributed by atoms with Crippen molar-refractivity contribution in [3.63, 3.8) is 0 Å². The van der Waals surface area contributed by atoms with Crippen molar-refractivity contribution in [1.29, 1.82) is 0 Å². The zero-order valence-electron chi connectivity index (χ0n) is 10.8. The van der Waals surface area contributed by atoms with Crippen LogP contribution in [0.15, 0.2) is 18.2 Å². The summed E-state index contributed by atoms with van der Waals surface area (Å²) in [7, 11) is 0. The molecular weight excluding hydrogens is 271 g/mol. The summed E-state index contributed by atoms with van der Waals surface area (Å²) in [5.41, 5.74) is 2.25. The third kappa shape index (κ3) is 4.02. The Kier molecular flexibility index (Phi) is 7.64. The molecule has 0 unspecified atom stereocenters. The Hall–Kier alpha value is -0.480. The molecule has 0 bridgehead atoms. The third-order valence-corrected chi connectivity index (χ3v) is 3.33. The lowest BCUT2D eigenvalue weighted by Gasteiger charge is -2.33. The first-order valence-electron chi connectivity index (χ1n) is 5.93. The fraction of sp³-hybridized carbons (Fsp3) is 0.538. The molecule has 1 saturated heterocycles. The Morgan fingerprint density at radius 3 is 2.44 bits per heavy atom. The van der Waals surface area contributed by atoms with Crippen LogP contribution in [0.4, 0.5) is 0 Å². The highest BCUT2D eigenvalue weighted by Gasteiger charge is 2.20. The van der Waals surface area contributed by atoms with E-state index in [0.29, 0.717) is 11.8 Å². The molecule has 104 valence electrons. The molecule has 2 N–H and O–H groups in total. The molecule has 1 aromatic carbocycles.